The molecule has 72 valence electrons. The SMILES string of the molecule is C=C(C)C1CC=C(CCC=O)CC1. The molecule has 0 aliphatic heterocycles. The van der Waals surface area contributed by atoms with Crippen molar-refractivity contribution in [3.05, 3.63) is 23.8 Å². The van der Waals surface area contributed by atoms with Gasteiger partial charge in [-0.3, -0.25) is 0 Å². The molecule has 0 saturated carbocycles. The minimum absolute atomic E-state index is 0.681. The maximum Gasteiger partial charge on any atom is 0.120 e. The fraction of sp³-hybridized carbons (Fsp3) is 0.583. The van der Waals surface area contributed by atoms with Crippen molar-refractivity contribution in [2.75, 3.05) is 0 Å². The minimum atomic E-state index is 0.681. The van der Waals surface area contributed by atoms with Gasteiger partial charge in [0.15, 0.2) is 0 Å². The van der Waals surface area contributed by atoms with Crippen LogP contribution in [0.25, 0.3) is 0 Å². The van der Waals surface area contributed by atoms with Gasteiger partial charge in [0.25, 0.3) is 0 Å². The van der Waals surface area contributed by atoms with Crippen molar-refractivity contribution in [3.8, 4) is 0 Å². The van der Waals surface area contributed by atoms with Crippen LogP contribution in [0.15, 0.2) is 23.8 Å². The van der Waals surface area contributed by atoms with E-state index in [0.717, 1.165) is 25.5 Å². The molecule has 1 heteroatoms. The number of hydrogen-bond donors (Lipinski definition) is 0. The summed E-state index contributed by atoms with van der Waals surface area (Å²) in [5.41, 5.74) is 2.76. The molecule has 1 unspecified atom stereocenters. The molecule has 0 bridgehead atoms. The molecule has 0 radical (unpaired) electrons. The van der Waals surface area contributed by atoms with Gasteiger partial charge in [-0.05, 0) is 38.5 Å². The Labute approximate surface area is 80.5 Å². The Morgan fingerprint density at radius 2 is 2.54 bits per heavy atom. The summed E-state index contributed by atoms with van der Waals surface area (Å²) in [6.45, 7) is 6.09. The van der Waals surface area contributed by atoms with Crippen molar-refractivity contribution >= 4 is 6.29 Å². The van der Waals surface area contributed by atoms with Crippen LogP contribution in [0.2, 0.25) is 0 Å². The maximum atomic E-state index is 10.2. The molecule has 0 spiro atoms. The lowest BCUT2D eigenvalue weighted by atomic mass is 9.84. The van der Waals surface area contributed by atoms with Crippen molar-refractivity contribution < 1.29 is 4.79 Å². The van der Waals surface area contributed by atoms with Crippen molar-refractivity contribution in [2.24, 2.45) is 5.92 Å². The van der Waals surface area contributed by atoms with Crippen molar-refractivity contribution in [1.29, 1.82) is 0 Å². The first-order valence-corrected chi connectivity index (χ1v) is 5.01. The molecule has 0 N–H and O–H groups in total. The zero-order valence-electron chi connectivity index (χ0n) is 8.38. The highest BCUT2D eigenvalue weighted by Crippen LogP contribution is 2.29. The van der Waals surface area contributed by atoms with Crippen LogP contribution in [-0.2, 0) is 4.79 Å². The number of carbonyl (C=O) groups is 1. The van der Waals surface area contributed by atoms with Crippen molar-refractivity contribution in [3.63, 3.8) is 0 Å². The first-order chi connectivity index (χ1) is 6.24. The molecule has 0 saturated heterocycles. The number of allylic oxidation sites excluding steroid dienone is 3. The van der Waals surface area contributed by atoms with Gasteiger partial charge in [-0.1, -0.05) is 23.8 Å². The Balaban J connectivity index is 2.38. The van der Waals surface area contributed by atoms with E-state index in [2.05, 4.69) is 19.6 Å². The predicted octanol–water partition coefficient (Wildman–Crippen LogP) is 3.27. The molecule has 0 heterocycles. The van der Waals surface area contributed by atoms with Crippen LogP contribution < -0.4 is 0 Å². The van der Waals surface area contributed by atoms with E-state index >= 15 is 0 Å². The molecule has 1 nitrogen and oxygen atoms in total. The summed E-state index contributed by atoms with van der Waals surface area (Å²) in [5, 5.41) is 0. The van der Waals surface area contributed by atoms with E-state index < -0.39 is 0 Å². The molecule has 1 atom stereocenters. The van der Waals surface area contributed by atoms with Crippen molar-refractivity contribution in [2.45, 2.75) is 39.0 Å². The number of aldehydes is 1. The second-order valence-corrected chi connectivity index (χ2v) is 3.89. The van der Waals surface area contributed by atoms with Gasteiger partial charge >= 0.3 is 0 Å². The highest BCUT2D eigenvalue weighted by Gasteiger charge is 2.13. The van der Waals surface area contributed by atoms with Gasteiger partial charge in [0, 0.05) is 6.42 Å². The normalized spacial score (nSPS) is 22.2. The van der Waals surface area contributed by atoms with Crippen LogP contribution in [0.3, 0.4) is 0 Å². The number of carbonyl (C=O) groups excluding carboxylic acids is 1. The fourth-order valence-electron chi connectivity index (χ4n) is 1.81. The largest absolute Gasteiger partial charge is 0.303 e. The van der Waals surface area contributed by atoms with E-state index in [9.17, 15) is 4.79 Å². The molecule has 1 aliphatic rings. The third-order valence-corrected chi connectivity index (χ3v) is 2.79. The second kappa shape index (κ2) is 5.00. The van der Waals surface area contributed by atoms with E-state index in [-0.39, 0.29) is 0 Å². The lowest BCUT2D eigenvalue weighted by Gasteiger charge is -2.21. The highest BCUT2D eigenvalue weighted by molar-refractivity contribution is 5.49. The average molecular weight is 178 g/mol. The summed E-state index contributed by atoms with van der Waals surface area (Å²) in [4.78, 5) is 10.2. The van der Waals surface area contributed by atoms with E-state index in [1.54, 1.807) is 0 Å². The van der Waals surface area contributed by atoms with Gasteiger partial charge in [0.1, 0.15) is 6.29 Å². The summed E-state index contributed by atoms with van der Waals surface area (Å²) in [6, 6.07) is 0. The third kappa shape index (κ3) is 3.17. The summed E-state index contributed by atoms with van der Waals surface area (Å²) in [7, 11) is 0. The van der Waals surface area contributed by atoms with Crippen LogP contribution in [0, 0.1) is 5.92 Å². The van der Waals surface area contributed by atoms with Gasteiger partial charge in [-0.2, -0.15) is 0 Å². The summed E-state index contributed by atoms with van der Waals surface area (Å²) in [6.07, 6.45) is 8.46. The topological polar surface area (TPSA) is 17.1 Å². The summed E-state index contributed by atoms with van der Waals surface area (Å²) < 4.78 is 0. The molecular weight excluding hydrogens is 160 g/mol. The molecule has 0 fully saturated rings. The van der Waals surface area contributed by atoms with E-state index in [0.29, 0.717) is 12.3 Å². The van der Waals surface area contributed by atoms with Crippen molar-refractivity contribution in [1.82, 2.24) is 0 Å². The van der Waals surface area contributed by atoms with E-state index in [1.807, 2.05) is 0 Å². The Bertz CT molecular complexity index is 225. The molecule has 13 heavy (non-hydrogen) atoms. The van der Waals surface area contributed by atoms with Gasteiger partial charge in [0.05, 0.1) is 0 Å². The monoisotopic (exact) mass is 178 g/mol. The van der Waals surface area contributed by atoms with Gasteiger partial charge < -0.3 is 4.79 Å². The standard InChI is InChI=1S/C12H18O/c1-10(2)12-7-5-11(6-8-12)4-3-9-13/h5,9,12H,1,3-4,6-8H2,2H3. The quantitative estimate of drug-likeness (QED) is 0.477. The predicted molar refractivity (Wildman–Crippen MR) is 55.5 cm³/mol. The Morgan fingerprint density at radius 1 is 1.77 bits per heavy atom. The smallest absolute Gasteiger partial charge is 0.120 e. The van der Waals surface area contributed by atoms with Crippen LogP contribution >= 0.6 is 0 Å². The summed E-state index contributed by atoms with van der Waals surface area (Å²) >= 11 is 0. The minimum Gasteiger partial charge on any atom is -0.303 e. The lowest BCUT2D eigenvalue weighted by molar-refractivity contribution is -0.107. The third-order valence-electron chi connectivity index (χ3n) is 2.79. The van der Waals surface area contributed by atoms with Crippen LogP contribution in [-0.4, -0.2) is 6.29 Å². The van der Waals surface area contributed by atoms with Crippen LogP contribution in [0.1, 0.15) is 39.0 Å². The van der Waals surface area contributed by atoms with Crippen LogP contribution in [0.5, 0.6) is 0 Å². The van der Waals surface area contributed by atoms with Gasteiger partial charge in [-0.15, -0.1) is 0 Å². The first kappa shape index (κ1) is 10.2. The zero-order valence-corrected chi connectivity index (χ0v) is 8.38. The molecule has 0 aromatic rings. The Kier molecular flexibility index (Phi) is 3.94. The molecule has 0 amide bonds. The fourth-order valence-corrected chi connectivity index (χ4v) is 1.81. The van der Waals surface area contributed by atoms with Gasteiger partial charge in [0.2, 0.25) is 0 Å². The molecule has 1 rings (SSSR count). The zero-order chi connectivity index (χ0) is 9.68. The van der Waals surface area contributed by atoms with Gasteiger partial charge in [-0.25, -0.2) is 0 Å². The number of hydrogen-bond acceptors (Lipinski definition) is 1. The average Bonchev–Trinajstić information content (AvgIpc) is 2.15. The van der Waals surface area contributed by atoms with Crippen LogP contribution in [0.4, 0.5) is 0 Å². The molecule has 0 aromatic heterocycles. The lowest BCUT2D eigenvalue weighted by Crippen LogP contribution is -2.06. The first-order valence-electron chi connectivity index (χ1n) is 5.01. The molecular formula is C12H18O. The Morgan fingerprint density at radius 3 is 3.00 bits per heavy atom. The van der Waals surface area contributed by atoms with E-state index in [1.165, 1.54) is 17.6 Å². The Hall–Kier alpha value is -0.850. The highest BCUT2D eigenvalue weighted by atomic mass is 16.1. The van der Waals surface area contributed by atoms with E-state index in [4.69, 9.17) is 0 Å². The maximum absolute atomic E-state index is 10.2. The summed E-state index contributed by atoms with van der Waals surface area (Å²) in [5.74, 6) is 0.681. The molecule has 1 aliphatic carbocycles. The second-order valence-electron chi connectivity index (χ2n) is 3.89. The molecule has 0 aromatic carbocycles. The number of rotatable bonds is 4.